The van der Waals surface area contributed by atoms with Gasteiger partial charge in [0.15, 0.2) is 0 Å². The van der Waals surface area contributed by atoms with E-state index in [1.165, 1.54) is 35.1 Å². The number of rotatable bonds is 2. The summed E-state index contributed by atoms with van der Waals surface area (Å²) in [6, 6.07) is 3.86. The van der Waals surface area contributed by atoms with E-state index in [0.29, 0.717) is 5.71 Å². The van der Waals surface area contributed by atoms with Crippen LogP contribution in [0.1, 0.15) is 34.4 Å². The van der Waals surface area contributed by atoms with Crippen molar-refractivity contribution < 1.29 is 18.0 Å². The number of oxime groups is 1. The van der Waals surface area contributed by atoms with Crippen LogP contribution in [0.25, 0.3) is 0 Å². The van der Waals surface area contributed by atoms with Gasteiger partial charge in [-0.2, -0.15) is 13.2 Å². The van der Waals surface area contributed by atoms with Gasteiger partial charge in [0.2, 0.25) is 0 Å². The predicted molar refractivity (Wildman–Crippen MR) is 92.8 cm³/mol. The first-order valence-electron chi connectivity index (χ1n) is 7.68. The Morgan fingerprint density at radius 1 is 1.12 bits per heavy atom. The molecule has 0 fully saturated rings. The van der Waals surface area contributed by atoms with Crippen LogP contribution < -0.4 is 0 Å². The summed E-state index contributed by atoms with van der Waals surface area (Å²) in [5.41, 5.74) is -0.0507. The lowest BCUT2D eigenvalue weighted by molar-refractivity contribution is -0.275. The maximum absolute atomic E-state index is 14.0. The fourth-order valence-electron chi connectivity index (χ4n) is 3.41. The molecular formula is C17H12Cl2F3NOS. The minimum atomic E-state index is -4.66. The number of halogens is 5. The maximum atomic E-state index is 14.0. The van der Waals surface area contributed by atoms with Crippen LogP contribution in [0, 0.1) is 0 Å². The van der Waals surface area contributed by atoms with Gasteiger partial charge < -0.3 is 4.84 Å². The third-order valence-corrected chi connectivity index (χ3v) is 6.19. The quantitative estimate of drug-likeness (QED) is 0.588. The lowest BCUT2D eigenvalue weighted by Crippen LogP contribution is -2.42. The Balaban J connectivity index is 1.76. The molecule has 0 spiro atoms. The van der Waals surface area contributed by atoms with Crippen LogP contribution in [0.5, 0.6) is 0 Å². The molecule has 0 bridgehead atoms. The van der Waals surface area contributed by atoms with Crippen LogP contribution in [0.3, 0.4) is 0 Å². The van der Waals surface area contributed by atoms with Crippen molar-refractivity contribution in [2.24, 2.45) is 5.16 Å². The van der Waals surface area contributed by atoms with Gasteiger partial charge in [0.25, 0.3) is 5.60 Å². The number of aryl methyl sites for hydroxylation is 1. The highest BCUT2D eigenvalue weighted by Crippen LogP contribution is 2.50. The number of hydrogen-bond acceptors (Lipinski definition) is 3. The number of benzene rings is 1. The van der Waals surface area contributed by atoms with Crippen LogP contribution >= 0.6 is 34.5 Å². The Hall–Kier alpha value is -1.24. The Morgan fingerprint density at radius 2 is 1.84 bits per heavy atom. The van der Waals surface area contributed by atoms with Crippen molar-refractivity contribution in [3.05, 3.63) is 55.2 Å². The first-order valence-corrected chi connectivity index (χ1v) is 9.32. The molecule has 1 aromatic heterocycles. The Labute approximate surface area is 156 Å². The van der Waals surface area contributed by atoms with E-state index in [1.807, 2.05) is 5.38 Å². The monoisotopic (exact) mass is 405 g/mol. The van der Waals surface area contributed by atoms with Crippen molar-refractivity contribution in [3.8, 4) is 0 Å². The zero-order valence-electron chi connectivity index (χ0n) is 12.8. The third kappa shape index (κ3) is 2.75. The summed E-state index contributed by atoms with van der Waals surface area (Å²) in [7, 11) is 0. The van der Waals surface area contributed by atoms with E-state index in [4.69, 9.17) is 28.0 Å². The Bertz CT molecular complexity index is 857. The van der Waals surface area contributed by atoms with Crippen LogP contribution in [0.4, 0.5) is 13.2 Å². The SMILES string of the molecule is FC(F)(F)C1(c2cc(Cl)cc(Cl)c2)CC(c2scc3c2CCC3)=NO1. The summed E-state index contributed by atoms with van der Waals surface area (Å²) in [6.45, 7) is 0. The second kappa shape index (κ2) is 5.89. The summed E-state index contributed by atoms with van der Waals surface area (Å²) in [4.78, 5) is 5.85. The van der Waals surface area contributed by atoms with E-state index in [1.54, 1.807) is 0 Å². The first kappa shape index (κ1) is 17.2. The van der Waals surface area contributed by atoms with Crippen molar-refractivity contribution in [1.82, 2.24) is 0 Å². The maximum Gasteiger partial charge on any atom is 0.435 e. The van der Waals surface area contributed by atoms with Crippen LogP contribution in [-0.4, -0.2) is 11.9 Å². The molecule has 0 radical (unpaired) electrons. The second-order valence-electron chi connectivity index (χ2n) is 6.21. The van der Waals surface area contributed by atoms with Crippen molar-refractivity contribution >= 4 is 40.3 Å². The van der Waals surface area contributed by atoms with E-state index >= 15 is 0 Å². The Kier molecular flexibility index (Phi) is 4.05. The van der Waals surface area contributed by atoms with Crippen molar-refractivity contribution in [1.29, 1.82) is 0 Å². The topological polar surface area (TPSA) is 21.6 Å². The van der Waals surface area contributed by atoms with E-state index in [-0.39, 0.29) is 22.0 Å². The van der Waals surface area contributed by atoms with Gasteiger partial charge in [0, 0.05) is 15.6 Å². The average molecular weight is 406 g/mol. The molecule has 132 valence electrons. The molecule has 2 nitrogen and oxygen atoms in total. The van der Waals surface area contributed by atoms with Crippen molar-refractivity contribution in [3.63, 3.8) is 0 Å². The van der Waals surface area contributed by atoms with Crippen LogP contribution in [0.15, 0.2) is 28.7 Å². The summed E-state index contributed by atoms with van der Waals surface area (Å²) >= 11 is 13.3. The second-order valence-corrected chi connectivity index (χ2v) is 7.96. The highest BCUT2D eigenvalue weighted by Gasteiger charge is 2.62. The van der Waals surface area contributed by atoms with E-state index in [9.17, 15) is 13.2 Å². The lowest BCUT2D eigenvalue weighted by Gasteiger charge is -2.29. The van der Waals surface area contributed by atoms with Crippen LogP contribution in [0.2, 0.25) is 10.0 Å². The van der Waals surface area contributed by atoms with Crippen LogP contribution in [-0.2, 0) is 23.3 Å². The van der Waals surface area contributed by atoms with Gasteiger partial charge in [0.05, 0.1) is 11.3 Å². The van der Waals surface area contributed by atoms with Gasteiger partial charge in [-0.05, 0) is 54.0 Å². The standard InChI is InChI=1S/C17H12Cl2F3NOS/c18-11-4-10(5-12(19)6-11)16(17(20,21)22)7-14(23-24-16)15-13-3-1-2-9(13)8-25-15/h4-6,8H,1-3,7H2. The van der Waals surface area contributed by atoms with Gasteiger partial charge in [-0.3, -0.25) is 0 Å². The predicted octanol–water partition coefficient (Wildman–Crippen LogP) is 6.13. The molecule has 0 N–H and O–H groups in total. The zero-order valence-corrected chi connectivity index (χ0v) is 15.1. The molecule has 0 amide bonds. The minimum Gasteiger partial charge on any atom is -0.374 e. The first-order chi connectivity index (χ1) is 11.8. The number of alkyl halides is 3. The smallest absolute Gasteiger partial charge is 0.374 e. The molecule has 8 heteroatoms. The molecule has 1 unspecified atom stereocenters. The molecule has 1 aliphatic carbocycles. The van der Waals surface area contributed by atoms with Crippen molar-refractivity contribution in [2.75, 3.05) is 0 Å². The molecule has 1 atom stereocenters. The summed E-state index contributed by atoms with van der Waals surface area (Å²) in [6.07, 6.45) is -2.19. The molecule has 2 heterocycles. The fraction of sp³-hybridized carbons (Fsp3) is 0.353. The van der Waals surface area contributed by atoms with Gasteiger partial charge in [-0.15, -0.1) is 11.3 Å². The number of nitrogens with zero attached hydrogens (tertiary/aromatic N) is 1. The van der Waals surface area contributed by atoms with Gasteiger partial charge >= 0.3 is 6.18 Å². The van der Waals surface area contributed by atoms with E-state index < -0.39 is 11.8 Å². The summed E-state index contributed by atoms with van der Waals surface area (Å²) < 4.78 is 41.9. The normalized spacial score (nSPS) is 22.7. The molecule has 25 heavy (non-hydrogen) atoms. The number of hydrogen-bond donors (Lipinski definition) is 0. The molecule has 1 aliphatic heterocycles. The highest BCUT2D eigenvalue weighted by molar-refractivity contribution is 7.12. The zero-order chi connectivity index (χ0) is 17.8. The lowest BCUT2D eigenvalue weighted by atomic mass is 9.87. The number of thiophene rings is 1. The summed E-state index contributed by atoms with van der Waals surface area (Å²) in [5, 5.41) is 6.09. The van der Waals surface area contributed by atoms with E-state index in [2.05, 4.69) is 5.16 Å². The number of fused-ring (bicyclic) bond motifs is 1. The van der Waals surface area contributed by atoms with Gasteiger partial charge in [-0.25, -0.2) is 0 Å². The molecular weight excluding hydrogens is 394 g/mol. The average Bonchev–Trinajstić information content (AvgIpc) is 3.20. The fourth-order valence-corrected chi connectivity index (χ4v) is 5.08. The third-order valence-electron chi connectivity index (χ3n) is 4.63. The van der Waals surface area contributed by atoms with Gasteiger partial charge in [-0.1, -0.05) is 28.4 Å². The Morgan fingerprint density at radius 3 is 2.52 bits per heavy atom. The van der Waals surface area contributed by atoms with Crippen molar-refractivity contribution in [2.45, 2.75) is 37.5 Å². The highest BCUT2D eigenvalue weighted by atomic mass is 35.5. The molecule has 1 aromatic carbocycles. The molecule has 0 saturated heterocycles. The molecule has 0 saturated carbocycles. The van der Waals surface area contributed by atoms with E-state index in [0.717, 1.165) is 29.7 Å². The largest absolute Gasteiger partial charge is 0.435 e. The molecule has 2 aromatic rings. The van der Waals surface area contributed by atoms with Gasteiger partial charge in [0.1, 0.15) is 5.71 Å². The minimum absolute atomic E-state index is 0.125. The molecule has 4 rings (SSSR count). The summed E-state index contributed by atoms with van der Waals surface area (Å²) in [5.74, 6) is 0. The molecule has 2 aliphatic rings.